The number of carbonyl (C=O) groups is 1. The quantitative estimate of drug-likeness (QED) is 0.543. The van der Waals surface area contributed by atoms with E-state index in [4.69, 9.17) is 4.74 Å². The zero-order valence-electron chi connectivity index (χ0n) is 17.9. The molecule has 2 aliphatic carbocycles. The zero-order valence-corrected chi connectivity index (χ0v) is 17.9. The van der Waals surface area contributed by atoms with E-state index in [1.54, 1.807) is 12.5 Å². The Bertz CT molecular complexity index is 1040. The van der Waals surface area contributed by atoms with Crippen molar-refractivity contribution in [1.82, 2.24) is 19.9 Å². The van der Waals surface area contributed by atoms with Gasteiger partial charge in [-0.3, -0.25) is 4.79 Å². The second-order valence-corrected chi connectivity index (χ2v) is 9.29. The molecule has 3 aromatic rings. The number of aromatic nitrogens is 3. The molecule has 2 aromatic heterocycles. The van der Waals surface area contributed by atoms with Crippen molar-refractivity contribution in [2.24, 2.45) is 5.92 Å². The topological polar surface area (TPSA) is 92.2 Å². The van der Waals surface area contributed by atoms with Crippen LogP contribution in [0.2, 0.25) is 0 Å². The predicted octanol–water partition coefficient (Wildman–Crippen LogP) is 3.57. The van der Waals surface area contributed by atoms with Crippen LogP contribution >= 0.6 is 0 Å². The largest absolute Gasteiger partial charge is 0.387 e. The lowest BCUT2D eigenvalue weighted by Gasteiger charge is -2.32. The number of carbonyl (C=O) groups excluding carboxylic acids is 1. The molecule has 0 spiro atoms. The Kier molecular flexibility index (Phi) is 5.32. The molecule has 1 aromatic carbocycles. The Morgan fingerprint density at radius 3 is 2.81 bits per heavy atom. The number of fused-ring (bicyclic) bond motifs is 1. The number of H-pyrrole nitrogens is 1. The molecule has 0 saturated heterocycles. The van der Waals surface area contributed by atoms with Gasteiger partial charge in [-0.05, 0) is 69.6 Å². The maximum atomic E-state index is 13.1. The molecule has 2 aliphatic rings. The van der Waals surface area contributed by atoms with Gasteiger partial charge in [-0.15, -0.1) is 0 Å². The van der Waals surface area contributed by atoms with Crippen molar-refractivity contribution in [1.29, 1.82) is 0 Å². The van der Waals surface area contributed by atoms with E-state index in [9.17, 15) is 9.90 Å². The summed E-state index contributed by atoms with van der Waals surface area (Å²) in [4.78, 5) is 20.5. The second-order valence-electron chi connectivity index (χ2n) is 9.29. The molecule has 5 rings (SSSR count). The molecular formula is C24H30N4O3. The number of rotatable bonds is 7. The number of hydrogen-bond acceptors (Lipinski definition) is 4. The van der Waals surface area contributed by atoms with Crippen molar-refractivity contribution in [3.8, 4) is 5.69 Å². The van der Waals surface area contributed by atoms with Crippen LogP contribution in [0.15, 0.2) is 43.1 Å². The summed E-state index contributed by atoms with van der Waals surface area (Å²) < 4.78 is 7.92. The van der Waals surface area contributed by atoms with Crippen LogP contribution in [0.4, 0.5) is 0 Å². The first-order valence-electron chi connectivity index (χ1n) is 11.2. The van der Waals surface area contributed by atoms with Crippen LogP contribution in [0.3, 0.4) is 0 Å². The van der Waals surface area contributed by atoms with Crippen LogP contribution in [0, 0.1) is 5.92 Å². The molecule has 2 fully saturated rings. The first-order valence-corrected chi connectivity index (χ1v) is 11.2. The van der Waals surface area contributed by atoms with E-state index in [0.717, 1.165) is 55.1 Å². The van der Waals surface area contributed by atoms with E-state index in [-0.39, 0.29) is 18.1 Å². The summed E-state index contributed by atoms with van der Waals surface area (Å²) >= 11 is 0. The molecule has 7 heteroatoms. The number of aromatic amines is 1. The van der Waals surface area contributed by atoms with Crippen LogP contribution < -0.4 is 5.32 Å². The standard InChI is InChI=1S/C24H30N4O3/c1-24(30,17-2-3-17)14-31-20-6-4-18(5-7-20)27-23(29)21-13-19(28-11-10-25-15-28)12-16-8-9-26-22(16)21/h8-13,15,17-18,20,26,30H,2-7,14H2,1H3,(H,27,29). The fourth-order valence-corrected chi connectivity index (χ4v) is 4.64. The van der Waals surface area contributed by atoms with Crippen molar-refractivity contribution >= 4 is 16.8 Å². The Hall–Kier alpha value is -2.64. The summed E-state index contributed by atoms with van der Waals surface area (Å²) in [5.74, 6) is 0.335. The number of hydrogen-bond donors (Lipinski definition) is 3. The van der Waals surface area contributed by atoms with E-state index in [1.165, 1.54) is 0 Å². The van der Waals surface area contributed by atoms with Gasteiger partial charge in [0.15, 0.2) is 0 Å². The van der Waals surface area contributed by atoms with Crippen molar-refractivity contribution in [3.05, 3.63) is 48.7 Å². The average molecular weight is 423 g/mol. The van der Waals surface area contributed by atoms with E-state index in [1.807, 2.05) is 42.1 Å². The number of nitrogens with one attached hydrogen (secondary N) is 2. The molecule has 164 valence electrons. The van der Waals surface area contributed by atoms with Crippen molar-refractivity contribution in [3.63, 3.8) is 0 Å². The number of imidazole rings is 1. The SMILES string of the molecule is CC(O)(COC1CCC(NC(=O)c2cc(-n3ccnc3)cc3cc[nH]c23)CC1)C1CC1. The number of nitrogens with zero attached hydrogens (tertiary/aromatic N) is 2. The number of benzene rings is 1. The number of ether oxygens (including phenoxy) is 1. The Labute approximate surface area is 181 Å². The van der Waals surface area contributed by atoms with E-state index in [2.05, 4.69) is 15.3 Å². The van der Waals surface area contributed by atoms with Crippen LogP contribution in [-0.2, 0) is 4.74 Å². The monoisotopic (exact) mass is 422 g/mol. The minimum Gasteiger partial charge on any atom is -0.387 e. The lowest BCUT2D eigenvalue weighted by atomic mass is 9.92. The van der Waals surface area contributed by atoms with Gasteiger partial charge in [0.1, 0.15) is 0 Å². The van der Waals surface area contributed by atoms with Crippen LogP contribution in [-0.4, -0.2) is 49.9 Å². The molecule has 1 unspecified atom stereocenters. The van der Waals surface area contributed by atoms with Crippen molar-refractivity contribution in [2.45, 2.75) is 63.2 Å². The van der Waals surface area contributed by atoms with Crippen LogP contribution in [0.25, 0.3) is 16.6 Å². The van der Waals surface area contributed by atoms with Gasteiger partial charge < -0.3 is 24.7 Å². The molecule has 31 heavy (non-hydrogen) atoms. The van der Waals surface area contributed by atoms with E-state index >= 15 is 0 Å². The van der Waals surface area contributed by atoms with Crippen LogP contribution in [0.1, 0.15) is 55.8 Å². The Morgan fingerprint density at radius 2 is 2.10 bits per heavy atom. The third-order valence-electron chi connectivity index (χ3n) is 6.77. The average Bonchev–Trinajstić information content (AvgIpc) is 3.30. The van der Waals surface area contributed by atoms with E-state index in [0.29, 0.717) is 18.1 Å². The molecule has 0 bridgehead atoms. The Balaban J connectivity index is 1.21. The highest BCUT2D eigenvalue weighted by Crippen LogP contribution is 2.40. The Morgan fingerprint density at radius 1 is 1.29 bits per heavy atom. The fourth-order valence-electron chi connectivity index (χ4n) is 4.64. The molecule has 3 N–H and O–H groups in total. The van der Waals surface area contributed by atoms with Gasteiger partial charge in [0.05, 0.1) is 35.7 Å². The van der Waals surface area contributed by atoms with Gasteiger partial charge in [0, 0.05) is 35.7 Å². The smallest absolute Gasteiger partial charge is 0.253 e. The molecule has 2 saturated carbocycles. The van der Waals surface area contributed by atoms with Gasteiger partial charge in [0.25, 0.3) is 5.91 Å². The summed E-state index contributed by atoms with van der Waals surface area (Å²) in [6, 6.07) is 6.07. The lowest BCUT2D eigenvalue weighted by molar-refractivity contribution is -0.0835. The second kappa shape index (κ2) is 8.13. The predicted molar refractivity (Wildman–Crippen MR) is 118 cm³/mol. The fraction of sp³-hybridized carbons (Fsp3) is 0.500. The first-order chi connectivity index (χ1) is 15.0. The van der Waals surface area contributed by atoms with E-state index < -0.39 is 5.60 Å². The van der Waals surface area contributed by atoms with Gasteiger partial charge in [-0.2, -0.15) is 0 Å². The summed E-state index contributed by atoms with van der Waals surface area (Å²) in [5, 5.41) is 14.7. The van der Waals surface area contributed by atoms with Crippen LogP contribution in [0.5, 0.6) is 0 Å². The molecule has 1 amide bonds. The third kappa shape index (κ3) is 4.38. The summed E-state index contributed by atoms with van der Waals surface area (Å²) in [5.41, 5.74) is 1.70. The summed E-state index contributed by atoms with van der Waals surface area (Å²) in [6.07, 6.45) is 13.1. The highest BCUT2D eigenvalue weighted by Gasteiger charge is 2.40. The molecule has 2 heterocycles. The van der Waals surface area contributed by atoms with Gasteiger partial charge in [-0.1, -0.05) is 0 Å². The highest BCUT2D eigenvalue weighted by atomic mass is 16.5. The maximum absolute atomic E-state index is 13.1. The van der Waals surface area contributed by atoms with Gasteiger partial charge in [-0.25, -0.2) is 4.98 Å². The summed E-state index contributed by atoms with van der Waals surface area (Å²) in [6.45, 7) is 2.29. The first kappa shape index (κ1) is 20.3. The van der Waals surface area contributed by atoms with Crippen molar-refractivity contribution < 1.29 is 14.6 Å². The van der Waals surface area contributed by atoms with Gasteiger partial charge in [0.2, 0.25) is 0 Å². The third-order valence-corrected chi connectivity index (χ3v) is 6.77. The molecule has 0 radical (unpaired) electrons. The molecule has 7 nitrogen and oxygen atoms in total. The molecule has 1 atom stereocenters. The molecular weight excluding hydrogens is 392 g/mol. The van der Waals surface area contributed by atoms with Gasteiger partial charge >= 0.3 is 0 Å². The van der Waals surface area contributed by atoms with Crippen molar-refractivity contribution in [2.75, 3.05) is 6.61 Å². The normalized spacial score (nSPS) is 23.5. The number of amides is 1. The minimum atomic E-state index is -0.702. The molecule has 0 aliphatic heterocycles. The lowest BCUT2D eigenvalue weighted by Crippen LogP contribution is -2.41. The maximum Gasteiger partial charge on any atom is 0.253 e. The number of aliphatic hydroxyl groups is 1. The zero-order chi connectivity index (χ0) is 21.4. The summed E-state index contributed by atoms with van der Waals surface area (Å²) in [7, 11) is 0. The highest BCUT2D eigenvalue weighted by molar-refractivity contribution is 6.06. The minimum absolute atomic E-state index is 0.0598.